The topological polar surface area (TPSA) is 109 Å². The first-order valence-electron chi connectivity index (χ1n) is 13.7. The van der Waals surface area contributed by atoms with Crippen molar-refractivity contribution >= 4 is 35.0 Å². The number of methoxy groups -OCH3 is 1. The van der Waals surface area contributed by atoms with Gasteiger partial charge in [-0.2, -0.15) is 0 Å². The van der Waals surface area contributed by atoms with Crippen LogP contribution in [0.1, 0.15) is 66.3 Å². The Morgan fingerprint density at radius 2 is 1.40 bits per heavy atom. The van der Waals surface area contributed by atoms with E-state index in [4.69, 9.17) is 0 Å². The fourth-order valence-electron chi connectivity index (χ4n) is 4.20. The number of hydrogen-bond donors (Lipinski definition) is 4. The molecule has 3 aromatic rings. The van der Waals surface area contributed by atoms with Crippen LogP contribution < -0.4 is 21.3 Å². The lowest BCUT2D eigenvalue weighted by molar-refractivity contribution is 0.0600. The summed E-state index contributed by atoms with van der Waals surface area (Å²) in [6, 6.07) is 21.7. The lowest BCUT2D eigenvalue weighted by Gasteiger charge is -2.12. The smallest absolute Gasteiger partial charge is 0.337 e. The molecule has 2 atom stereocenters. The summed E-state index contributed by atoms with van der Waals surface area (Å²) in [6.45, 7) is 8.16. The third-order valence-corrected chi connectivity index (χ3v) is 6.42. The van der Waals surface area contributed by atoms with Crippen LogP contribution in [0.25, 0.3) is 0 Å². The van der Waals surface area contributed by atoms with E-state index < -0.39 is 5.97 Å². The van der Waals surface area contributed by atoms with Gasteiger partial charge in [-0.05, 0) is 92.3 Å². The number of aryl methyl sites for hydroxylation is 1. The Kier molecular flexibility index (Phi) is 13.2. The number of amides is 3. The highest BCUT2D eigenvalue weighted by molar-refractivity contribution is 6.00. The van der Waals surface area contributed by atoms with Crippen molar-refractivity contribution in [3.63, 3.8) is 0 Å². The zero-order valence-electron chi connectivity index (χ0n) is 24.3. The van der Waals surface area contributed by atoms with Gasteiger partial charge in [-0.15, -0.1) is 0 Å². The van der Waals surface area contributed by atoms with E-state index in [9.17, 15) is 14.4 Å². The summed E-state index contributed by atoms with van der Waals surface area (Å²) in [5.74, 6) is 0.221. The van der Waals surface area contributed by atoms with Gasteiger partial charge in [-0.1, -0.05) is 39.0 Å². The van der Waals surface area contributed by atoms with Crippen LogP contribution in [0.2, 0.25) is 0 Å². The quantitative estimate of drug-likeness (QED) is 0.247. The number of benzene rings is 3. The van der Waals surface area contributed by atoms with E-state index in [1.807, 2.05) is 76.3 Å². The van der Waals surface area contributed by atoms with E-state index in [0.29, 0.717) is 17.0 Å². The molecule has 4 N–H and O–H groups in total. The van der Waals surface area contributed by atoms with Crippen LogP contribution in [0.4, 0.5) is 21.9 Å². The number of esters is 1. The highest BCUT2D eigenvalue weighted by atomic mass is 16.5. The number of rotatable bonds is 6. The number of para-hydroxylation sites is 1. The minimum atomic E-state index is -0.392. The van der Waals surface area contributed by atoms with Gasteiger partial charge >= 0.3 is 12.0 Å². The molecule has 214 valence electrons. The number of hydrogen-bond acceptors (Lipinski definition) is 5. The van der Waals surface area contributed by atoms with Crippen LogP contribution in [-0.2, 0) is 4.74 Å². The van der Waals surface area contributed by atoms with Gasteiger partial charge in [0.1, 0.15) is 0 Å². The first-order valence-corrected chi connectivity index (χ1v) is 13.7. The lowest BCUT2D eigenvalue weighted by atomic mass is 10.1. The molecule has 40 heavy (non-hydrogen) atoms. The van der Waals surface area contributed by atoms with Crippen molar-refractivity contribution in [1.29, 1.82) is 0 Å². The maximum atomic E-state index is 12.0. The summed E-state index contributed by atoms with van der Waals surface area (Å²) in [4.78, 5) is 35.2. The van der Waals surface area contributed by atoms with Crippen molar-refractivity contribution in [1.82, 2.24) is 5.32 Å². The summed E-state index contributed by atoms with van der Waals surface area (Å²) in [5, 5.41) is 11.7. The largest absolute Gasteiger partial charge is 0.465 e. The van der Waals surface area contributed by atoms with E-state index in [-0.39, 0.29) is 18.0 Å². The fourth-order valence-corrected chi connectivity index (χ4v) is 4.20. The molecule has 2 unspecified atom stereocenters. The normalized spacial score (nSPS) is 15.2. The second-order valence-electron chi connectivity index (χ2n) is 9.38. The molecule has 4 rings (SSSR count). The van der Waals surface area contributed by atoms with Crippen molar-refractivity contribution in [2.75, 3.05) is 30.1 Å². The summed E-state index contributed by atoms with van der Waals surface area (Å²) in [6.07, 6.45) is 3.27. The lowest BCUT2D eigenvalue weighted by Crippen LogP contribution is -2.32. The molecule has 0 saturated heterocycles. The van der Waals surface area contributed by atoms with Crippen LogP contribution in [0.15, 0.2) is 72.8 Å². The third-order valence-electron chi connectivity index (χ3n) is 6.42. The van der Waals surface area contributed by atoms with E-state index >= 15 is 0 Å². The predicted molar refractivity (Wildman–Crippen MR) is 163 cm³/mol. The zero-order chi connectivity index (χ0) is 29.5. The first-order chi connectivity index (χ1) is 19.3. The van der Waals surface area contributed by atoms with Gasteiger partial charge in [-0.25, -0.2) is 9.59 Å². The summed E-state index contributed by atoms with van der Waals surface area (Å²) >= 11 is 0. The molecule has 1 fully saturated rings. The summed E-state index contributed by atoms with van der Waals surface area (Å²) in [7, 11) is 3.19. The van der Waals surface area contributed by atoms with Crippen molar-refractivity contribution in [3.05, 3.63) is 89.5 Å². The van der Waals surface area contributed by atoms with Gasteiger partial charge in [0.25, 0.3) is 5.91 Å². The zero-order valence-corrected chi connectivity index (χ0v) is 24.3. The Balaban J connectivity index is 0.000000264. The molecule has 8 heteroatoms. The maximum absolute atomic E-state index is 12.0. The Morgan fingerprint density at radius 3 is 1.95 bits per heavy atom. The second kappa shape index (κ2) is 16.6. The van der Waals surface area contributed by atoms with Gasteiger partial charge in [0.2, 0.25) is 0 Å². The van der Waals surface area contributed by atoms with Gasteiger partial charge < -0.3 is 26.0 Å². The number of anilines is 3. The molecule has 3 aromatic carbocycles. The van der Waals surface area contributed by atoms with Crippen LogP contribution in [0, 0.1) is 12.8 Å². The number of ether oxygens (including phenoxy) is 1. The Morgan fingerprint density at radius 1 is 0.800 bits per heavy atom. The minimum Gasteiger partial charge on any atom is -0.465 e. The van der Waals surface area contributed by atoms with Crippen LogP contribution in [0.3, 0.4) is 0 Å². The minimum absolute atomic E-state index is 0.0736. The number of carbonyl (C=O) groups is 3. The molecule has 0 heterocycles. The van der Waals surface area contributed by atoms with Crippen LogP contribution >= 0.6 is 0 Å². The van der Waals surface area contributed by atoms with Crippen LogP contribution in [0.5, 0.6) is 0 Å². The second-order valence-corrected chi connectivity index (χ2v) is 9.38. The standard InChI is InChI=1S/C15H17N3O.C15H19NO3.C2H6/c1-11-5-3-4-6-14(11)18-15(19)17-13-9-7-12(16-2)8-10-13;1-10-3-8-13(9-10)16-14(17)11-4-6-12(7-5-11)15(18)19-2;1-2/h3-10,16H,1-2H3,(H2,17,18,19);4-7,10,13H,3,8-9H2,1-2H3,(H,16,17);1-2H3. The van der Waals surface area contributed by atoms with Crippen molar-refractivity contribution in [3.8, 4) is 0 Å². The van der Waals surface area contributed by atoms with Gasteiger partial charge in [-0.3, -0.25) is 4.79 Å². The van der Waals surface area contributed by atoms with Gasteiger partial charge in [0.15, 0.2) is 0 Å². The number of carbonyl (C=O) groups excluding carboxylic acids is 3. The van der Waals surface area contributed by atoms with E-state index in [2.05, 4.69) is 32.9 Å². The SMILES string of the molecule is CC.CNc1ccc(NC(=O)Nc2ccccc2C)cc1.COC(=O)c1ccc(C(=O)NC2CCC(C)C2)cc1. The number of nitrogens with one attached hydrogen (secondary N) is 4. The van der Waals surface area contributed by atoms with Gasteiger partial charge in [0, 0.05) is 35.7 Å². The summed E-state index contributed by atoms with van der Waals surface area (Å²) < 4.78 is 4.62. The molecular weight excluding hydrogens is 504 g/mol. The van der Waals surface area contributed by atoms with E-state index in [0.717, 1.165) is 35.5 Å². The summed E-state index contributed by atoms with van der Waals surface area (Å²) in [5.41, 5.74) is 4.63. The van der Waals surface area contributed by atoms with Crippen molar-refractivity contribution in [2.45, 2.75) is 53.0 Å². The molecule has 3 amide bonds. The molecular formula is C32H42N4O4. The monoisotopic (exact) mass is 546 g/mol. The molecule has 1 aliphatic rings. The Hall–Kier alpha value is -4.33. The molecule has 1 saturated carbocycles. The fraction of sp³-hybridized carbons (Fsp3) is 0.344. The maximum Gasteiger partial charge on any atom is 0.337 e. The predicted octanol–water partition coefficient (Wildman–Crippen LogP) is 7.10. The Labute approximate surface area is 237 Å². The average Bonchev–Trinajstić information content (AvgIpc) is 3.39. The third kappa shape index (κ3) is 10.1. The van der Waals surface area contributed by atoms with Crippen LogP contribution in [-0.4, -0.2) is 38.1 Å². The molecule has 0 spiro atoms. The molecule has 0 aliphatic heterocycles. The molecule has 0 aromatic heterocycles. The van der Waals surface area contributed by atoms with Crippen molar-refractivity contribution in [2.24, 2.45) is 5.92 Å². The van der Waals surface area contributed by atoms with E-state index in [1.54, 1.807) is 24.3 Å². The molecule has 8 nitrogen and oxygen atoms in total. The highest BCUT2D eigenvalue weighted by Gasteiger charge is 2.23. The highest BCUT2D eigenvalue weighted by Crippen LogP contribution is 2.25. The molecule has 1 aliphatic carbocycles. The van der Waals surface area contributed by atoms with Gasteiger partial charge in [0.05, 0.1) is 12.7 Å². The first kappa shape index (κ1) is 31.9. The molecule has 0 bridgehead atoms. The van der Waals surface area contributed by atoms with Crippen molar-refractivity contribution < 1.29 is 19.1 Å². The average molecular weight is 547 g/mol. The molecule has 0 radical (unpaired) electrons. The Bertz CT molecular complexity index is 1230. The number of urea groups is 1. The van der Waals surface area contributed by atoms with E-state index in [1.165, 1.54) is 13.5 Å².